The first kappa shape index (κ1) is 12.5. The Labute approximate surface area is 105 Å². The molecule has 2 atom stereocenters. The second-order valence-electron chi connectivity index (χ2n) is 4.62. The maximum atomic E-state index is 13.1. The zero-order valence-electron chi connectivity index (χ0n) is 9.67. The first-order valence-corrected chi connectivity index (χ1v) is 6.13. The van der Waals surface area contributed by atoms with E-state index in [0.717, 1.165) is 6.54 Å². The van der Waals surface area contributed by atoms with Crippen LogP contribution < -0.4 is 5.32 Å². The zero-order chi connectivity index (χ0) is 12.4. The third-order valence-electron chi connectivity index (χ3n) is 3.30. The van der Waals surface area contributed by atoms with Gasteiger partial charge in [0.2, 0.25) is 0 Å². The summed E-state index contributed by atoms with van der Waals surface area (Å²) in [7, 11) is 0. The fraction of sp³-hybridized carbons (Fsp3) is 0.462. The minimum absolute atomic E-state index is 0.0225. The van der Waals surface area contributed by atoms with Gasteiger partial charge in [0.1, 0.15) is 11.6 Å². The molecule has 0 bridgehead atoms. The predicted octanol–water partition coefficient (Wildman–Crippen LogP) is 2.45. The summed E-state index contributed by atoms with van der Waals surface area (Å²) in [6, 6.07) is 4.14. The highest BCUT2D eigenvalue weighted by Gasteiger charge is 2.29. The van der Waals surface area contributed by atoms with Crippen molar-refractivity contribution < 1.29 is 9.18 Å². The van der Waals surface area contributed by atoms with E-state index in [1.54, 1.807) is 0 Å². The molecule has 0 aliphatic carbocycles. The summed E-state index contributed by atoms with van der Waals surface area (Å²) in [5.74, 6) is 0.147. The van der Waals surface area contributed by atoms with Crippen molar-refractivity contribution in [3.63, 3.8) is 0 Å². The summed E-state index contributed by atoms with van der Waals surface area (Å²) in [6.45, 7) is 3.63. The Balaban J connectivity index is 2.10. The number of carbonyl (C=O) groups is 1. The molecule has 0 saturated carbocycles. The quantitative estimate of drug-likeness (QED) is 0.899. The fourth-order valence-electron chi connectivity index (χ4n) is 2.24. The van der Waals surface area contributed by atoms with Gasteiger partial charge in [-0.15, -0.1) is 0 Å². The molecule has 4 heteroatoms. The van der Waals surface area contributed by atoms with Crippen molar-refractivity contribution in [3.05, 3.63) is 34.6 Å². The van der Waals surface area contributed by atoms with Crippen LogP contribution in [0.5, 0.6) is 0 Å². The molecule has 92 valence electrons. The SMILES string of the molecule is CC1CNCC1C(=O)Cc1cc(F)ccc1Cl. The Hall–Kier alpha value is -0.930. The molecule has 2 unspecified atom stereocenters. The minimum Gasteiger partial charge on any atom is -0.316 e. The standard InChI is InChI=1S/C13H15ClFNO/c1-8-6-16-7-11(8)13(17)5-9-4-10(15)2-3-12(9)14/h2-4,8,11,16H,5-7H2,1H3. The largest absolute Gasteiger partial charge is 0.316 e. The van der Waals surface area contributed by atoms with Crippen LogP contribution in [0.2, 0.25) is 5.02 Å². The van der Waals surface area contributed by atoms with E-state index in [9.17, 15) is 9.18 Å². The second kappa shape index (κ2) is 5.15. The van der Waals surface area contributed by atoms with E-state index >= 15 is 0 Å². The Morgan fingerprint density at radius 3 is 2.94 bits per heavy atom. The molecule has 0 aromatic heterocycles. The number of halogens is 2. The second-order valence-corrected chi connectivity index (χ2v) is 5.03. The van der Waals surface area contributed by atoms with Crippen molar-refractivity contribution in [2.75, 3.05) is 13.1 Å². The highest BCUT2D eigenvalue weighted by Crippen LogP contribution is 2.22. The Morgan fingerprint density at radius 2 is 2.29 bits per heavy atom. The van der Waals surface area contributed by atoms with Crippen molar-refractivity contribution in [2.24, 2.45) is 11.8 Å². The zero-order valence-corrected chi connectivity index (χ0v) is 10.4. The van der Waals surface area contributed by atoms with Crippen LogP contribution in [-0.2, 0) is 11.2 Å². The van der Waals surface area contributed by atoms with Crippen molar-refractivity contribution in [3.8, 4) is 0 Å². The number of benzene rings is 1. The lowest BCUT2D eigenvalue weighted by Gasteiger charge is -2.13. The maximum absolute atomic E-state index is 13.1. The summed E-state index contributed by atoms with van der Waals surface area (Å²) in [4.78, 5) is 12.1. The van der Waals surface area contributed by atoms with Crippen LogP contribution >= 0.6 is 11.6 Å². The van der Waals surface area contributed by atoms with E-state index in [1.807, 2.05) is 0 Å². The predicted molar refractivity (Wildman–Crippen MR) is 65.6 cm³/mol. The molecule has 2 nitrogen and oxygen atoms in total. The minimum atomic E-state index is -0.352. The topological polar surface area (TPSA) is 29.1 Å². The third kappa shape index (κ3) is 2.85. The normalized spacial score (nSPS) is 23.9. The van der Waals surface area contributed by atoms with Gasteiger partial charge in [-0.25, -0.2) is 4.39 Å². The molecule has 1 aliphatic heterocycles. The van der Waals surface area contributed by atoms with Crippen LogP contribution in [0, 0.1) is 17.7 Å². The van der Waals surface area contributed by atoms with E-state index in [0.29, 0.717) is 23.0 Å². The average Bonchev–Trinajstić information content (AvgIpc) is 2.70. The molecule has 0 spiro atoms. The van der Waals surface area contributed by atoms with Gasteiger partial charge in [0.05, 0.1) is 0 Å². The van der Waals surface area contributed by atoms with Crippen molar-refractivity contribution in [1.82, 2.24) is 5.32 Å². The van der Waals surface area contributed by atoms with Crippen LogP contribution in [0.1, 0.15) is 12.5 Å². The number of hydrogen-bond acceptors (Lipinski definition) is 2. The highest BCUT2D eigenvalue weighted by molar-refractivity contribution is 6.31. The summed E-state index contributed by atoms with van der Waals surface area (Å²) < 4.78 is 13.1. The summed E-state index contributed by atoms with van der Waals surface area (Å²) >= 11 is 5.95. The number of hydrogen-bond donors (Lipinski definition) is 1. The lowest BCUT2D eigenvalue weighted by atomic mass is 9.90. The average molecular weight is 256 g/mol. The third-order valence-corrected chi connectivity index (χ3v) is 3.67. The van der Waals surface area contributed by atoms with Crippen LogP contribution in [0.3, 0.4) is 0 Å². The van der Waals surface area contributed by atoms with Crippen molar-refractivity contribution in [2.45, 2.75) is 13.3 Å². The summed E-state index contributed by atoms with van der Waals surface area (Å²) in [6.07, 6.45) is 0.216. The van der Waals surface area contributed by atoms with Crippen molar-refractivity contribution >= 4 is 17.4 Å². The van der Waals surface area contributed by atoms with E-state index < -0.39 is 0 Å². The number of Topliss-reactive ketones (excluding diaryl/α,β-unsaturated/α-hetero) is 1. The number of carbonyl (C=O) groups excluding carboxylic acids is 1. The first-order chi connectivity index (χ1) is 8.08. The van der Waals surface area contributed by atoms with Gasteiger partial charge in [0.15, 0.2) is 0 Å². The monoisotopic (exact) mass is 255 g/mol. The lowest BCUT2D eigenvalue weighted by molar-refractivity contribution is -0.122. The molecule has 1 aliphatic rings. The molecule has 0 amide bonds. The summed E-state index contributed by atoms with van der Waals surface area (Å²) in [5, 5.41) is 3.64. The molecule has 1 heterocycles. The fourth-order valence-corrected chi connectivity index (χ4v) is 2.42. The molecule has 0 radical (unpaired) electrons. The van der Waals surface area contributed by atoms with E-state index in [2.05, 4.69) is 12.2 Å². The maximum Gasteiger partial charge on any atom is 0.141 e. The molecular weight excluding hydrogens is 241 g/mol. The molecule has 1 aromatic carbocycles. The van der Waals surface area contributed by atoms with Crippen LogP contribution in [0.25, 0.3) is 0 Å². The molecular formula is C13H15ClFNO. The number of ketones is 1. The van der Waals surface area contributed by atoms with E-state index in [4.69, 9.17) is 11.6 Å². The number of nitrogens with one attached hydrogen (secondary N) is 1. The Bertz CT molecular complexity index is 435. The first-order valence-electron chi connectivity index (χ1n) is 5.75. The van der Waals surface area contributed by atoms with Crippen LogP contribution in [0.4, 0.5) is 4.39 Å². The van der Waals surface area contributed by atoms with Gasteiger partial charge in [-0.3, -0.25) is 4.79 Å². The van der Waals surface area contributed by atoms with Gasteiger partial charge < -0.3 is 5.32 Å². The molecule has 1 aromatic rings. The lowest BCUT2D eigenvalue weighted by Crippen LogP contribution is -2.23. The van der Waals surface area contributed by atoms with E-state index in [-0.39, 0.29) is 23.9 Å². The van der Waals surface area contributed by atoms with Gasteiger partial charge in [-0.05, 0) is 36.2 Å². The van der Waals surface area contributed by atoms with Crippen LogP contribution in [-0.4, -0.2) is 18.9 Å². The van der Waals surface area contributed by atoms with Gasteiger partial charge >= 0.3 is 0 Å². The molecule has 2 rings (SSSR count). The molecule has 1 fully saturated rings. The number of rotatable bonds is 3. The highest BCUT2D eigenvalue weighted by atomic mass is 35.5. The Morgan fingerprint density at radius 1 is 1.53 bits per heavy atom. The summed E-state index contributed by atoms with van der Waals surface area (Å²) in [5.41, 5.74) is 0.579. The van der Waals surface area contributed by atoms with Crippen LogP contribution in [0.15, 0.2) is 18.2 Å². The van der Waals surface area contributed by atoms with Gasteiger partial charge in [0.25, 0.3) is 0 Å². The molecule has 1 N–H and O–H groups in total. The smallest absolute Gasteiger partial charge is 0.141 e. The van der Waals surface area contributed by atoms with Crippen molar-refractivity contribution in [1.29, 1.82) is 0 Å². The van der Waals surface area contributed by atoms with Gasteiger partial charge in [-0.1, -0.05) is 18.5 Å². The Kier molecular flexibility index (Phi) is 3.79. The van der Waals surface area contributed by atoms with Gasteiger partial charge in [0, 0.05) is 23.9 Å². The molecule has 1 saturated heterocycles. The van der Waals surface area contributed by atoms with Gasteiger partial charge in [-0.2, -0.15) is 0 Å². The molecule has 17 heavy (non-hydrogen) atoms. The van der Waals surface area contributed by atoms with E-state index in [1.165, 1.54) is 18.2 Å².